The Kier molecular flexibility index (Phi) is 5.56. The summed E-state index contributed by atoms with van der Waals surface area (Å²) in [5, 5.41) is 5.53. The third-order valence-electron chi connectivity index (χ3n) is 3.41. The van der Waals surface area contributed by atoms with Crippen LogP contribution in [0.15, 0.2) is 35.8 Å². The first-order chi connectivity index (χ1) is 9.74. The second-order valence-corrected chi connectivity index (χ2v) is 5.85. The molecule has 0 fully saturated rings. The highest BCUT2D eigenvalue weighted by molar-refractivity contribution is 7.09. The van der Waals surface area contributed by atoms with E-state index >= 15 is 0 Å². The van der Waals surface area contributed by atoms with Gasteiger partial charge in [0, 0.05) is 23.7 Å². The molecular formula is C16H23N3S. The zero-order valence-electron chi connectivity index (χ0n) is 12.5. The Labute approximate surface area is 125 Å². The summed E-state index contributed by atoms with van der Waals surface area (Å²) in [4.78, 5) is 8.30. The lowest BCUT2D eigenvalue weighted by molar-refractivity contribution is 0.596. The van der Waals surface area contributed by atoms with Gasteiger partial charge in [-0.2, -0.15) is 0 Å². The predicted molar refractivity (Wildman–Crippen MR) is 87.4 cm³/mol. The Hall–Kier alpha value is -1.39. The van der Waals surface area contributed by atoms with Gasteiger partial charge in [-0.1, -0.05) is 19.1 Å². The lowest BCUT2D eigenvalue weighted by atomic mass is 10.1. The third kappa shape index (κ3) is 3.81. The number of hydrogen-bond donors (Lipinski definition) is 1. The minimum absolute atomic E-state index is 0.355. The maximum atomic E-state index is 4.62. The van der Waals surface area contributed by atoms with E-state index < -0.39 is 0 Å². The van der Waals surface area contributed by atoms with Crippen molar-refractivity contribution in [3.8, 4) is 0 Å². The Bertz CT molecular complexity index is 493. The van der Waals surface area contributed by atoms with Crippen LogP contribution in [0.5, 0.6) is 0 Å². The number of aromatic nitrogens is 1. The summed E-state index contributed by atoms with van der Waals surface area (Å²) in [5.74, 6) is 1.05. The van der Waals surface area contributed by atoms with E-state index in [0.29, 0.717) is 6.04 Å². The first kappa shape index (κ1) is 15.0. The molecule has 0 spiro atoms. The molecule has 0 aromatic carbocycles. The minimum Gasteiger partial charge on any atom is -0.352 e. The van der Waals surface area contributed by atoms with Crippen molar-refractivity contribution in [2.75, 3.05) is 18.0 Å². The molecule has 0 bridgehead atoms. The first-order valence-electron chi connectivity index (χ1n) is 7.21. The SMILES string of the molecule is CCNC(C)c1ccc(N(CC)Cc2cccs2)nc1. The zero-order valence-corrected chi connectivity index (χ0v) is 13.3. The van der Waals surface area contributed by atoms with Crippen molar-refractivity contribution in [3.63, 3.8) is 0 Å². The molecule has 1 N–H and O–H groups in total. The van der Waals surface area contributed by atoms with E-state index in [2.05, 4.69) is 65.6 Å². The molecule has 20 heavy (non-hydrogen) atoms. The number of nitrogens with one attached hydrogen (secondary N) is 1. The maximum absolute atomic E-state index is 4.62. The van der Waals surface area contributed by atoms with Crippen molar-refractivity contribution in [2.45, 2.75) is 33.4 Å². The number of hydrogen-bond acceptors (Lipinski definition) is 4. The number of rotatable bonds is 7. The van der Waals surface area contributed by atoms with Gasteiger partial charge in [-0.25, -0.2) is 4.98 Å². The molecule has 1 unspecified atom stereocenters. The number of pyridine rings is 1. The maximum Gasteiger partial charge on any atom is 0.128 e. The Morgan fingerprint density at radius 3 is 2.70 bits per heavy atom. The summed E-state index contributed by atoms with van der Waals surface area (Å²) in [6.45, 7) is 9.34. The van der Waals surface area contributed by atoms with Gasteiger partial charge in [0.15, 0.2) is 0 Å². The quantitative estimate of drug-likeness (QED) is 0.839. The Morgan fingerprint density at radius 2 is 2.15 bits per heavy atom. The van der Waals surface area contributed by atoms with Gasteiger partial charge in [-0.15, -0.1) is 11.3 Å². The van der Waals surface area contributed by atoms with Crippen LogP contribution < -0.4 is 10.2 Å². The zero-order chi connectivity index (χ0) is 14.4. The van der Waals surface area contributed by atoms with E-state index in [1.54, 1.807) is 11.3 Å². The molecule has 0 saturated heterocycles. The molecule has 0 saturated carbocycles. The third-order valence-corrected chi connectivity index (χ3v) is 4.27. The van der Waals surface area contributed by atoms with Crippen LogP contribution in [-0.4, -0.2) is 18.1 Å². The molecule has 2 rings (SSSR count). The molecule has 108 valence electrons. The molecule has 2 aromatic rings. The lowest BCUT2D eigenvalue weighted by Crippen LogP contribution is -2.23. The topological polar surface area (TPSA) is 28.2 Å². The molecule has 0 aliphatic heterocycles. The first-order valence-corrected chi connectivity index (χ1v) is 8.09. The molecule has 3 nitrogen and oxygen atoms in total. The van der Waals surface area contributed by atoms with E-state index in [0.717, 1.165) is 25.5 Å². The van der Waals surface area contributed by atoms with Gasteiger partial charge in [0.05, 0.1) is 6.54 Å². The van der Waals surface area contributed by atoms with Crippen LogP contribution in [-0.2, 0) is 6.54 Å². The molecule has 4 heteroatoms. The highest BCUT2D eigenvalue weighted by Gasteiger charge is 2.09. The molecular weight excluding hydrogens is 266 g/mol. The van der Waals surface area contributed by atoms with Gasteiger partial charge < -0.3 is 10.2 Å². The average Bonchev–Trinajstić information content (AvgIpc) is 2.98. The summed E-state index contributed by atoms with van der Waals surface area (Å²) in [5.41, 5.74) is 1.24. The smallest absolute Gasteiger partial charge is 0.128 e. The average molecular weight is 289 g/mol. The van der Waals surface area contributed by atoms with Crippen molar-refractivity contribution >= 4 is 17.2 Å². The van der Waals surface area contributed by atoms with Gasteiger partial charge in [-0.3, -0.25) is 0 Å². The second-order valence-electron chi connectivity index (χ2n) is 4.82. The van der Waals surface area contributed by atoms with Crippen molar-refractivity contribution in [1.82, 2.24) is 10.3 Å². The van der Waals surface area contributed by atoms with Crippen LogP contribution >= 0.6 is 11.3 Å². The van der Waals surface area contributed by atoms with E-state index in [1.807, 2.05) is 6.20 Å². The minimum atomic E-state index is 0.355. The monoisotopic (exact) mass is 289 g/mol. The molecule has 0 aliphatic carbocycles. The largest absolute Gasteiger partial charge is 0.352 e. The molecule has 1 atom stereocenters. The van der Waals surface area contributed by atoms with Gasteiger partial charge in [-0.05, 0) is 43.5 Å². The summed E-state index contributed by atoms with van der Waals surface area (Å²) in [6, 6.07) is 8.93. The van der Waals surface area contributed by atoms with Crippen LogP contribution in [0.25, 0.3) is 0 Å². The molecule has 0 radical (unpaired) electrons. The van der Waals surface area contributed by atoms with E-state index in [1.165, 1.54) is 10.4 Å². The van der Waals surface area contributed by atoms with Crippen molar-refractivity contribution in [2.24, 2.45) is 0 Å². The fourth-order valence-corrected chi connectivity index (χ4v) is 2.93. The van der Waals surface area contributed by atoms with Crippen LogP contribution in [0.2, 0.25) is 0 Å². The summed E-state index contributed by atoms with van der Waals surface area (Å²) in [7, 11) is 0. The highest BCUT2D eigenvalue weighted by Crippen LogP contribution is 2.19. The van der Waals surface area contributed by atoms with Crippen LogP contribution in [0.1, 0.15) is 37.3 Å². The molecule has 2 aromatic heterocycles. The Balaban J connectivity index is 2.07. The second kappa shape index (κ2) is 7.41. The van der Waals surface area contributed by atoms with Crippen molar-refractivity contribution < 1.29 is 0 Å². The van der Waals surface area contributed by atoms with E-state index in [4.69, 9.17) is 0 Å². The van der Waals surface area contributed by atoms with Crippen LogP contribution in [0, 0.1) is 0 Å². The highest BCUT2D eigenvalue weighted by atomic mass is 32.1. The fourth-order valence-electron chi connectivity index (χ4n) is 2.21. The number of anilines is 1. The van der Waals surface area contributed by atoms with Gasteiger partial charge >= 0.3 is 0 Å². The normalized spacial score (nSPS) is 12.3. The number of thiophene rings is 1. The van der Waals surface area contributed by atoms with Crippen molar-refractivity contribution in [1.29, 1.82) is 0 Å². The lowest BCUT2D eigenvalue weighted by Gasteiger charge is -2.22. The van der Waals surface area contributed by atoms with Crippen LogP contribution in [0.4, 0.5) is 5.82 Å². The predicted octanol–water partition coefficient (Wildman–Crippen LogP) is 3.84. The summed E-state index contributed by atoms with van der Waals surface area (Å²) >= 11 is 1.80. The summed E-state index contributed by atoms with van der Waals surface area (Å²) < 4.78 is 0. The molecule has 0 amide bonds. The molecule has 0 aliphatic rings. The van der Waals surface area contributed by atoms with Gasteiger partial charge in [0.1, 0.15) is 5.82 Å². The summed E-state index contributed by atoms with van der Waals surface area (Å²) in [6.07, 6.45) is 1.99. The van der Waals surface area contributed by atoms with Crippen molar-refractivity contribution in [3.05, 3.63) is 46.3 Å². The molecule has 2 heterocycles. The van der Waals surface area contributed by atoms with Gasteiger partial charge in [0.2, 0.25) is 0 Å². The van der Waals surface area contributed by atoms with Gasteiger partial charge in [0.25, 0.3) is 0 Å². The Morgan fingerprint density at radius 1 is 1.30 bits per heavy atom. The van der Waals surface area contributed by atoms with E-state index in [-0.39, 0.29) is 0 Å². The van der Waals surface area contributed by atoms with Crippen LogP contribution in [0.3, 0.4) is 0 Å². The number of nitrogens with zero attached hydrogens (tertiary/aromatic N) is 2. The van der Waals surface area contributed by atoms with E-state index in [9.17, 15) is 0 Å². The standard InChI is InChI=1S/C16H23N3S/c1-4-17-13(3)14-8-9-16(18-11-14)19(5-2)12-15-7-6-10-20-15/h6-11,13,17H,4-5,12H2,1-3H3. The fraction of sp³-hybridized carbons (Fsp3) is 0.438.